The summed E-state index contributed by atoms with van der Waals surface area (Å²) >= 11 is 0. The molecule has 18 atom stereocenters. The summed E-state index contributed by atoms with van der Waals surface area (Å²) in [7, 11) is 0. The van der Waals surface area contributed by atoms with E-state index in [4.69, 9.17) is 52.1 Å². The van der Waals surface area contributed by atoms with Crippen molar-refractivity contribution < 1.29 is 93.0 Å². The molecule has 0 bridgehead atoms. The van der Waals surface area contributed by atoms with Crippen molar-refractivity contribution in [2.75, 3.05) is 66.1 Å². The monoisotopic (exact) mass is 919 g/mol. The lowest BCUT2D eigenvalue weighted by atomic mass is 9.95. The van der Waals surface area contributed by atoms with Crippen molar-refractivity contribution >= 4 is 0 Å². The smallest absolute Gasteiger partial charge is 0.187 e. The molecule has 0 amide bonds. The lowest BCUT2D eigenvalue weighted by molar-refractivity contribution is -0.378. The molecule has 19 nitrogen and oxygen atoms in total. The quantitative estimate of drug-likeness (QED) is 0.0435. The molecule has 0 spiro atoms. The summed E-state index contributed by atoms with van der Waals surface area (Å²) < 4.78 is 70.5. The highest BCUT2D eigenvalue weighted by molar-refractivity contribution is 4.98. The lowest BCUT2D eigenvalue weighted by Gasteiger charge is -2.50. The average Bonchev–Trinajstić information content (AvgIpc) is 3.29. The van der Waals surface area contributed by atoms with Gasteiger partial charge in [0.2, 0.25) is 0 Å². The second-order valence-electron chi connectivity index (χ2n) is 16.6. The number of hydrogen-bond acceptors (Lipinski definition) is 19. The molecule has 2 heterocycles. The van der Waals surface area contributed by atoms with E-state index in [0.717, 1.165) is 0 Å². The van der Waals surface area contributed by atoms with E-state index in [1.54, 1.807) is 41.5 Å². The first kappa shape index (κ1) is 58.4. The Hall–Kier alpha value is -0.760. The van der Waals surface area contributed by atoms with Gasteiger partial charge in [-0.05, 0) is 51.4 Å². The van der Waals surface area contributed by atoms with Crippen LogP contribution in [0.2, 0.25) is 0 Å². The van der Waals surface area contributed by atoms with Crippen molar-refractivity contribution in [1.29, 1.82) is 0 Å². The zero-order valence-electron chi connectivity index (χ0n) is 39.2. The summed E-state index contributed by atoms with van der Waals surface area (Å²) in [5, 5.41) is 84.9. The predicted octanol–water partition coefficient (Wildman–Crippen LogP) is 0.964. The maximum absolute atomic E-state index is 10.8. The zero-order valence-corrected chi connectivity index (χ0v) is 39.2. The van der Waals surface area contributed by atoms with Crippen molar-refractivity contribution in [2.24, 2.45) is 0 Å². The molecule has 0 aliphatic carbocycles. The predicted molar refractivity (Wildman–Crippen MR) is 229 cm³/mol. The fourth-order valence-electron chi connectivity index (χ4n) is 6.42. The van der Waals surface area contributed by atoms with Gasteiger partial charge < -0.3 is 93.0 Å². The summed E-state index contributed by atoms with van der Waals surface area (Å²) in [6, 6.07) is 0. The minimum Gasteiger partial charge on any atom is -0.391 e. The van der Waals surface area contributed by atoms with Crippen LogP contribution in [-0.4, -0.2) is 217 Å². The van der Waals surface area contributed by atoms with Crippen LogP contribution in [0.25, 0.3) is 0 Å². The summed E-state index contributed by atoms with van der Waals surface area (Å²) in [6.45, 7) is 13.1. The average molecular weight is 919 g/mol. The molecule has 2 fully saturated rings. The maximum atomic E-state index is 10.8. The topological polar surface area (TPSA) is 263 Å². The molecule has 0 radical (unpaired) electrons. The third kappa shape index (κ3) is 21.0. The van der Waals surface area contributed by atoms with Crippen molar-refractivity contribution in [1.82, 2.24) is 0 Å². The normalized spacial score (nSPS) is 30.7. The van der Waals surface area contributed by atoms with Crippen molar-refractivity contribution in [3.05, 3.63) is 0 Å². The minimum absolute atomic E-state index is 0.0270. The molecule has 19 heteroatoms. The molecule has 0 aromatic heterocycles. The van der Waals surface area contributed by atoms with Crippen LogP contribution in [0.15, 0.2) is 0 Å². The second-order valence-corrected chi connectivity index (χ2v) is 16.6. The van der Waals surface area contributed by atoms with E-state index < -0.39 is 110 Å². The SMILES string of the molecule is CCC(O)COC[C@H]1O[C@@H](O[C@H]2[C@H](OCC(O)CC)[C@@H](OCC(O)CC)[C@H](OCC(O)CC)O[C@@H]2COCC(O)CC)[C@H](OCC(O)CC)[C@@H](OCC(O)CC)[C@@H]1OCC(O)CC. The Balaban J connectivity index is 2.84. The molecule has 0 aromatic carbocycles. The maximum Gasteiger partial charge on any atom is 0.187 e. The van der Waals surface area contributed by atoms with Gasteiger partial charge in [0.05, 0.1) is 115 Å². The first-order chi connectivity index (χ1) is 30.2. The fourth-order valence-corrected chi connectivity index (χ4v) is 6.42. The van der Waals surface area contributed by atoms with E-state index in [2.05, 4.69) is 0 Å². The highest BCUT2D eigenvalue weighted by Gasteiger charge is 2.55. The molecular formula is C44H86O19. The molecule has 0 saturated carbocycles. The van der Waals surface area contributed by atoms with Gasteiger partial charge in [-0.15, -0.1) is 0 Å². The fraction of sp³-hybridized carbons (Fsp3) is 1.00. The Kier molecular flexibility index (Phi) is 30.4. The van der Waals surface area contributed by atoms with Crippen LogP contribution < -0.4 is 0 Å². The number of aliphatic hydroxyl groups excluding tert-OH is 8. The molecule has 8 N–H and O–H groups in total. The third-order valence-corrected chi connectivity index (χ3v) is 11.3. The van der Waals surface area contributed by atoms with Crippen LogP contribution in [0.3, 0.4) is 0 Å². The highest BCUT2D eigenvalue weighted by Crippen LogP contribution is 2.36. The number of aliphatic hydroxyl groups is 8. The molecule has 2 aliphatic heterocycles. The summed E-state index contributed by atoms with van der Waals surface area (Å²) in [5.41, 5.74) is 0. The molecule has 8 unspecified atom stereocenters. The Labute approximate surface area is 375 Å². The number of hydrogen-bond donors (Lipinski definition) is 8. The van der Waals surface area contributed by atoms with Crippen LogP contribution >= 0.6 is 0 Å². The second kappa shape index (κ2) is 32.9. The van der Waals surface area contributed by atoms with Gasteiger partial charge in [0.1, 0.15) is 48.8 Å². The van der Waals surface area contributed by atoms with Gasteiger partial charge in [-0.25, -0.2) is 0 Å². The summed E-state index contributed by atoms with van der Waals surface area (Å²) in [6.07, 6.45) is -15.0. The van der Waals surface area contributed by atoms with Crippen LogP contribution in [0.5, 0.6) is 0 Å². The van der Waals surface area contributed by atoms with E-state index in [1.165, 1.54) is 0 Å². The van der Waals surface area contributed by atoms with Gasteiger partial charge in [-0.1, -0.05) is 55.4 Å². The largest absolute Gasteiger partial charge is 0.391 e. The van der Waals surface area contributed by atoms with Gasteiger partial charge in [0.15, 0.2) is 12.6 Å². The van der Waals surface area contributed by atoms with Crippen LogP contribution in [-0.2, 0) is 52.1 Å². The van der Waals surface area contributed by atoms with Crippen LogP contribution in [0.1, 0.15) is 107 Å². The Morgan fingerprint density at radius 3 is 0.968 bits per heavy atom. The third-order valence-electron chi connectivity index (χ3n) is 11.3. The summed E-state index contributed by atoms with van der Waals surface area (Å²) in [4.78, 5) is 0. The first-order valence-electron chi connectivity index (χ1n) is 23.5. The van der Waals surface area contributed by atoms with E-state index in [1.807, 2.05) is 13.8 Å². The minimum atomic E-state index is -1.39. The van der Waals surface area contributed by atoms with E-state index in [-0.39, 0.29) is 66.1 Å². The van der Waals surface area contributed by atoms with E-state index >= 15 is 0 Å². The van der Waals surface area contributed by atoms with Crippen molar-refractivity contribution in [3.63, 3.8) is 0 Å². The highest BCUT2D eigenvalue weighted by atomic mass is 16.8. The molecule has 2 saturated heterocycles. The number of ether oxygens (including phenoxy) is 11. The summed E-state index contributed by atoms with van der Waals surface area (Å²) in [5.74, 6) is 0. The van der Waals surface area contributed by atoms with Crippen molar-refractivity contribution in [3.8, 4) is 0 Å². The molecule has 376 valence electrons. The Bertz CT molecular complexity index is 1110. The van der Waals surface area contributed by atoms with Gasteiger partial charge in [0.25, 0.3) is 0 Å². The Morgan fingerprint density at radius 1 is 0.317 bits per heavy atom. The Morgan fingerprint density at radius 2 is 0.587 bits per heavy atom. The van der Waals surface area contributed by atoms with Crippen molar-refractivity contribution in [2.45, 2.75) is 217 Å². The first-order valence-corrected chi connectivity index (χ1v) is 23.5. The van der Waals surface area contributed by atoms with E-state index in [9.17, 15) is 40.9 Å². The van der Waals surface area contributed by atoms with Crippen LogP contribution in [0.4, 0.5) is 0 Å². The molecule has 0 aromatic rings. The van der Waals surface area contributed by atoms with E-state index in [0.29, 0.717) is 51.4 Å². The van der Waals surface area contributed by atoms with Gasteiger partial charge in [-0.3, -0.25) is 0 Å². The standard InChI is InChI=1S/C44H86O19/c1-9-27(45)17-53-25-35-37(55-19-29(47)11-3)39(56-20-30(48)12-4)42(59-23-33(51)15-7)44(62-35)63-38-36(26-54-18-28(46)10-2)61-43(60-24-34(52)16-8)41(58-22-32(50)14-6)40(38)57-21-31(49)13-5/h27-52H,9-26H2,1-8H3/t27?,28?,29?,30?,31?,32?,33?,34?,35-,36-,37-,38-,39+,40+,41-,42-,43-,44+/m1/s1. The zero-order chi connectivity index (χ0) is 46.9. The lowest BCUT2D eigenvalue weighted by Crippen LogP contribution is -2.67. The molecule has 2 rings (SSSR count). The van der Waals surface area contributed by atoms with Gasteiger partial charge in [0, 0.05) is 0 Å². The van der Waals surface area contributed by atoms with Gasteiger partial charge >= 0.3 is 0 Å². The molecule has 2 aliphatic rings. The molecular weight excluding hydrogens is 832 g/mol. The molecule has 63 heavy (non-hydrogen) atoms. The van der Waals surface area contributed by atoms with Gasteiger partial charge in [-0.2, -0.15) is 0 Å². The van der Waals surface area contributed by atoms with Crippen LogP contribution in [0, 0.1) is 0 Å². The number of rotatable bonds is 36.